The first-order valence-corrected chi connectivity index (χ1v) is 6.46. The number of rotatable bonds is 3. The maximum absolute atomic E-state index is 11.7. The SMILES string of the molecule is Cc1n[nH]c(=O)n1-c1cc(OC(C)C)c(Cl)cc1Cl. The lowest BCUT2D eigenvalue weighted by Gasteiger charge is -2.14. The standard InChI is InChI=1S/C12H13Cl2N3O2/c1-6(2)19-11-5-10(8(13)4-9(11)14)17-7(3)15-16-12(17)18/h4-6H,1-3H3,(H,16,18). The van der Waals surface area contributed by atoms with E-state index < -0.39 is 0 Å². The number of ether oxygens (including phenoxy) is 1. The second-order valence-electron chi connectivity index (χ2n) is 4.31. The van der Waals surface area contributed by atoms with E-state index in [-0.39, 0.29) is 11.8 Å². The summed E-state index contributed by atoms with van der Waals surface area (Å²) < 4.78 is 6.95. The van der Waals surface area contributed by atoms with Gasteiger partial charge in [-0.1, -0.05) is 23.2 Å². The minimum absolute atomic E-state index is 0.0336. The third kappa shape index (κ3) is 2.77. The van der Waals surface area contributed by atoms with Crippen LogP contribution in [-0.2, 0) is 0 Å². The molecule has 0 unspecified atom stereocenters. The minimum Gasteiger partial charge on any atom is -0.489 e. The Balaban J connectivity index is 2.61. The molecule has 0 saturated heterocycles. The average molecular weight is 302 g/mol. The largest absolute Gasteiger partial charge is 0.489 e. The first kappa shape index (κ1) is 14.0. The molecule has 2 rings (SSSR count). The average Bonchev–Trinajstić information content (AvgIpc) is 2.63. The van der Waals surface area contributed by atoms with Gasteiger partial charge in [0.05, 0.1) is 21.8 Å². The highest BCUT2D eigenvalue weighted by molar-refractivity contribution is 6.36. The number of aromatic amines is 1. The van der Waals surface area contributed by atoms with Gasteiger partial charge in [0.2, 0.25) is 0 Å². The molecule has 0 aliphatic heterocycles. The smallest absolute Gasteiger partial charge is 0.347 e. The molecule has 0 radical (unpaired) electrons. The molecule has 0 aliphatic carbocycles. The zero-order chi connectivity index (χ0) is 14.2. The maximum Gasteiger partial charge on any atom is 0.347 e. The summed E-state index contributed by atoms with van der Waals surface area (Å²) in [5.74, 6) is 0.980. The molecule has 1 aromatic heterocycles. The van der Waals surface area contributed by atoms with Gasteiger partial charge in [0, 0.05) is 6.07 Å². The molecule has 102 valence electrons. The van der Waals surface area contributed by atoms with Crippen LogP contribution in [0, 0.1) is 6.92 Å². The molecule has 0 saturated carbocycles. The molecule has 1 aromatic carbocycles. The lowest BCUT2D eigenvalue weighted by atomic mass is 10.3. The van der Waals surface area contributed by atoms with Crippen LogP contribution < -0.4 is 10.4 Å². The highest BCUT2D eigenvalue weighted by Gasteiger charge is 2.15. The molecule has 0 bridgehead atoms. The summed E-state index contributed by atoms with van der Waals surface area (Å²) in [7, 11) is 0. The van der Waals surface area contributed by atoms with Crippen molar-refractivity contribution in [2.45, 2.75) is 26.9 Å². The summed E-state index contributed by atoms with van der Waals surface area (Å²) in [6.45, 7) is 5.48. The molecule has 1 heterocycles. The Bertz CT molecular complexity index is 661. The Morgan fingerprint density at radius 2 is 2.00 bits per heavy atom. The summed E-state index contributed by atoms with van der Waals surface area (Å²) in [5, 5.41) is 6.96. The van der Waals surface area contributed by atoms with Crippen LogP contribution in [0.5, 0.6) is 5.75 Å². The van der Waals surface area contributed by atoms with E-state index >= 15 is 0 Å². The van der Waals surface area contributed by atoms with Crippen molar-refractivity contribution < 1.29 is 4.74 Å². The van der Waals surface area contributed by atoms with Crippen molar-refractivity contribution in [3.63, 3.8) is 0 Å². The van der Waals surface area contributed by atoms with Gasteiger partial charge in [0.25, 0.3) is 0 Å². The van der Waals surface area contributed by atoms with Gasteiger partial charge in [-0.3, -0.25) is 0 Å². The highest BCUT2D eigenvalue weighted by atomic mass is 35.5. The molecule has 0 spiro atoms. The zero-order valence-corrected chi connectivity index (χ0v) is 12.2. The number of aryl methyl sites for hydroxylation is 1. The van der Waals surface area contributed by atoms with Crippen LogP contribution in [0.3, 0.4) is 0 Å². The number of halogens is 2. The van der Waals surface area contributed by atoms with E-state index in [2.05, 4.69) is 10.2 Å². The van der Waals surface area contributed by atoms with Crippen LogP contribution >= 0.6 is 23.2 Å². The van der Waals surface area contributed by atoms with Gasteiger partial charge in [-0.05, 0) is 26.8 Å². The Morgan fingerprint density at radius 3 is 2.53 bits per heavy atom. The first-order chi connectivity index (χ1) is 8.90. The highest BCUT2D eigenvalue weighted by Crippen LogP contribution is 2.33. The molecule has 5 nitrogen and oxygen atoms in total. The first-order valence-electron chi connectivity index (χ1n) is 5.70. The van der Waals surface area contributed by atoms with Gasteiger partial charge in [-0.15, -0.1) is 0 Å². The number of nitrogens with zero attached hydrogens (tertiary/aromatic N) is 2. The molecule has 0 atom stereocenters. The number of hydrogen-bond donors (Lipinski definition) is 1. The number of nitrogens with one attached hydrogen (secondary N) is 1. The summed E-state index contributed by atoms with van der Waals surface area (Å²) in [4.78, 5) is 11.7. The predicted octanol–water partition coefficient (Wildman–Crippen LogP) is 2.96. The topological polar surface area (TPSA) is 59.9 Å². The molecule has 0 aliphatic rings. The lowest BCUT2D eigenvalue weighted by molar-refractivity contribution is 0.242. The molecule has 1 N–H and O–H groups in total. The third-order valence-electron chi connectivity index (χ3n) is 2.44. The quantitative estimate of drug-likeness (QED) is 0.948. The normalized spacial score (nSPS) is 11.1. The molecular formula is C12H13Cl2N3O2. The summed E-state index contributed by atoms with van der Waals surface area (Å²) >= 11 is 12.2. The third-order valence-corrected chi connectivity index (χ3v) is 3.04. The van der Waals surface area contributed by atoms with Crippen molar-refractivity contribution in [3.8, 4) is 11.4 Å². The van der Waals surface area contributed by atoms with E-state index in [1.54, 1.807) is 19.1 Å². The Kier molecular flexibility index (Phi) is 3.87. The molecule has 19 heavy (non-hydrogen) atoms. The van der Waals surface area contributed by atoms with E-state index in [1.807, 2.05) is 13.8 Å². The van der Waals surface area contributed by atoms with Gasteiger partial charge in [-0.25, -0.2) is 14.5 Å². The van der Waals surface area contributed by atoms with Crippen molar-refractivity contribution in [2.75, 3.05) is 0 Å². The molecule has 2 aromatic rings. The second-order valence-corrected chi connectivity index (χ2v) is 5.13. The fourth-order valence-corrected chi connectivity index (χ4v) is 2.21. The van der Waals surface area contributed by atoms with Gasteiger partial charge < -0.3 is 4.74 Å². The summed E-state index contributed by atoms with van der Waals surface area (Å²) in [6, 6.07) is 3.18. The fraction of sp³-hybridized carbons (Fsp3) is 0.333. The van der Waals surface area contributed by atoms with Crippen molar-refractivity contribution in [2.24, 2.45) is 0 Å². The zero-order valence-electron chi connectivity index (χ0n) is 10.7. The van der Waals surface area contributed by atoms with Crippen molar-refractivity contribution >= 4 is 23.2 Å². The van der Waals surface area contributed by atoms with Crippen LogP contribution in [0.15, 0.2) is 16.9 Å². The molecular weight excluding hydrogens is 289 g/mol. The Hall–Kier alpha value is -1.46. The fourth-order valence-electron chi connectivity index (χ4n) is 1.69. The number of hydrogen-bond acceptors (Lipinski definition) is 3. The maximum atomic E-state index is 11.7. The molecule has 0 fully saturated rings. The lowest BCUT2D eigenvalue weighted by Crippen LogP contribution is -2.16. The van der Waals surface area contributed by atoms with E-state index in [9.17, 15) is 4.79 Å². The second kappa shape index (κ2) is 5.27. The van der Waals surface area contributed by atoms with Gasteiger partial charge >= 0.3 is 5.69 Å². The van der Waals surface area contributed by atoms with Gasteiger partial charge in [-0.2, -0.15) is 5.10 Å². The Morgan fingerprint density at radius 1 is 1.32 bits per heavy atom. The number of aromatic nitrogens is 3. The van der Waals surface area contributed by atoms with Crippen LogP contribution in [0.25, 0.3) is 5.69 Å². The molecule has 7 heteroatoms. The monoisotopic (exact) mass is 301 g/mol. The summed E-state index contributed by atoms with van der Waals surface area (Å²) in [6.07, 6.45) is -0.0336. The minimum atomic E-state index is -0.364. The van der Waals surface area contributed by atoms with E-state index in [4.69, 9.17) is 27.9 Å². The Labute approximate surface area is 120 Å². The van der Waals surface area contributed by atoms with E-state index in [1.165, 1.54) is 4.57 Å². The van der Waals surface area contributed by atoms with Crippen LogP contribution in [0.1, 0.15) is 19.7 Å². The number of H-pyrrole nitrogens is 1. The van der Waals surface area contributed by atoms with Crippen molar-refractivity contribution in [1.82, 2.24) is 14.8 Å². The van der Waals surface area contributed by atoms with Crippen molar-refractivity contribution in [3.05, 3.63) is 38.5 Å². The van der Waals surface area contributed by atoms with Crippen LogP contribution in [0.4, 0.5) is 0 Å². The van der Waals surface area contributed by atoms with Gasteiger partial charge in [0.1, 0.15) is 11.6 Å². The predicted molar refractivity (Wildman–Crippen MR) is 74.7 cm³/mol. The van der Waals surface area contributed by atoms with Gasteiger partial charge in [0.15, 0.2) is 0 Å². The van der Waals surface area contributed by atoms with E-state index in [0.717, 1.165) is 0 Å². The van der Waals surface area contributed by atoms with Crippen LogP contribution in [-0.4, -0.2) is 20.9 Å². The van der Waals surface area contributed by atoms with Crippen LogP contribution in [0.2, 0.25) is 10.0 Å². The molecule has 0 amide bonds. The summed E-state index contributed by atoms with van der Waals surface area (Å²) in [5.41, 5.74) is 0.121. The van der Waals surface area contributed by atoms with Crippen molar-refractivity contribution in [1.29, 1.82) is 0 Å². The number of benzene rings is 1. The van der Waals surface area contributed by atoms with E-state index in [0.29, 0.717) is 27.3 Å².